The Morgan fingerprint density at radius 1 is 1.24 bits per heavy atom. The number of carbonyl (C=O) groups is 1. The summed E-state index contributed by atoms with van der Waals surface area (Å²) in [5.74, 6) is 0.413. The van der Waals surface area contributed by atoms with Gasteiger partial charge in [0.2, 0.25) is 5.91 Å². The van der Waals surface area contributed by atoms with Crippen molar-refractivity contribution in [1.82, 2.24) is 10.3 Å². The average molecular weight is 345 g/mol. The Labute approximate surface area is 150 Å². The van der Waals surface area contributed by atoms with Crippen molar-refractivity contribution in [1.29, 1.82) is 0 Å². The number of aromatic nitrogens is 1. The number of pyridine rings is 1. The number of amides is 1. The van der Waals surface area contributed by atoms with Gasteiger partial charge in [-0.25, -0.2) is 4.98 Å². The third kappa shape index (κ3) is 4.48. The van der Waals surface area contributed by atoms with Gasteiger partial charge in [-0.15, -0.1) is 0 Å². The topological polar surface area (TPSA) is 72.5 Å². The highest BCUT2D eigenvalue weighted by Crippen LogP contribution is 2.38. The summed E-state index contributed by atoms with van der Waals surface area (Å²) in [7, 11) is 1.48. The van der Waals surface area contributed by atoms with Crippen LogP contribution in [-0.2, 0) is 14.1 Å². The van der Waals surface area contributed by atoms with E-state index in [0.717, 1.165) is 16.7 Å². The quantitative estimate of drug-likeness (QED) is 0.803. The van der Waals surface area contributed by atoms with E-state index in [2.05, 4.69) is 15.6 Å². The highest BCUT2D eigenvalue weighted by molar-refractivity contribution is 6.55. The lowest BCUT2D eigenvalue weighted by Crippen LogP contribution is -2.41. The second kappa shape index (κ2) is 7.27. The molecule has 25 heavy (non-hydrogen) atoms. The molecule has 0 radical (unpaired) electrons. The molecule has 1 saturated heterocycles. The smallest absolute Gasteiger partial charge is 0.400 e. The second-order valence-corrected chi connectivity index (χ2v) is 7.39. The summed E-state index contributed by atoms with van der Waals surface area (Å²) in [6.07, 6.45) is 2.04. The van der Waals surface area contributed by atoms with Crippen molar-refractivity contribution >= 4 is 24.9 Å². The van der Waals surface area contributed by atoms with Gasteiger partial charge in [-0.05, 0) is 64.8 Å². The molecule has 2 N–H and O–H groups in total. The molecule has 1 aromatic rings. The maximum Gasteiger partial charge on any atom is 0.491 e. The van der Waals surface area contributed by atoms with Gasteiger partial charge in [0.15, 0.2) is 0 Å². The molecule has 0 atom stereocenters. The first-order valence-corrected chi connectivity index (χ1v) is 8.51. The van der Waals surface area contributed by atoms with Crippen molar-refractivity contribution in [2.24, 2.45) is 0 Å². The molecule has 1 amide bonds. The van der Waals surface area contributed by atoms with Crippen LogP contribution in [0.3, 0.4) is 0 Å². The molecular weight excluding hydrogens is 317 g/mol. The Hall–Kier alpha value is -1.70. The zero-order chi connectivity index (χ0) is 18.8. The molecule has 2 heterocycles. The minimum absolute atomic E-state index is 0.136. The molecule has 1 aliphatic rings. The van der Waals surface area contributed by atoms with Gasteiger partial charge in [0.1, 0.15) is 5.82 Å². The van der Waals surface area contributed by atoms with E-state index < -0.39 is 7.12 Å². The molecule has 2 rings (SSSR count). The summed E-state index contributed by atoms with van der Waals surface area (Å²) in [4.78, 5) is 15.6. The molecule has 0 saturated carbocycles. The molecule has 1 aromatic heterocycles. The van der Waals surface area contributed by atoms with E-state index in [0.29, 0.717) is 12.4 Å². The highest BCUT2D eigenvalue weighted by atomic mass is 16.7. The van der Waals surface area contributed by atoms with Crippen molar-refractivity contribution in [2.45, 2.75) is 52.7 Å². The fourth-order valence-electron chi connectivity index (χ4n) is 2.58. The van der Waals surface area contributed by atoms with Crippen LogP contribution in [0.1, 0.15) is 45.9 Å². The van der Waals surface area contributed by atoms with Crippen molar-refractivity contribution in [3.63, 3.8) is 0 Å². The maximum atomic E-state index is 11.2. The van der Waals surface area contributed by atoms with Crippen molar-refractivity contribution in [3.05, 3.63) is 28.9 Å². The van der Waals surface area contributed by atoms with Crippen LogP contribution in [0.2, 0.25) is 0 Å². The Morgan fingerprint density at radius 3 is 2.32 bits per heavy atom. The van der Waals surface area contributed by atoms with Crippen LogP contribution in [0, 0.1) is 6.92 Å². The molecule has 0 spiro atoms. The Balaban J connectivity index is 2.30. The van der Waals surface area contributed by atoms with Crippen LogP contribution >= 0.6 is 0 Å². The Bertz CT molecular complexity index is 670. The number of anilines is 1. The van der Waals surface area contributed by atoms with Crippen LogP contribution in [0.15, 0.2) is 17.6 Å². The number of likely N-dealkylation sites (N-methyl/N-ethyl adjacent to an activating group) is 1. The average Bonchev–Trinajstić information content (AvgIpc) is 2.69. The third-order valence-corrected chi connectivity index (χ3v) is 4.71. The molecule has 6 nitrogen and oxygen atoms in total. The van der Waals surface area contributed by atoms with Crippen molar-refractivity contribution < 1.29 is 14.1 Å². The zero-order valence-corrected chi connectivity index (χ0v) is 16.2. The summed E-state index contributed by atoms with van der Waals surface area (Å²) >= 11 is 0. The van der Waals surface area contributed by atoms with Crippen LogP contribution in [-0.4, -0.2) is 42.8 Å². The van der Waals surface area contributed by atoms with E-state index in [1.807, 2.05) is 53.8 Å². The van der Waals surface area contributed by atoms with Crippen LogP contribution < -0.4 is 10.6 Å². The normalized spacial score (nSPS) is 19.2. The minimum atomic E-state index is -0.410. The maximum absolute atomic E-state index is 11.2. The third-order valence-electron chi connectivity index (χ3n) is 4.71. The van der Waals surface area contributed by atoms with Gasteiger partial charge in [-0.3, -0.25) is 4.79 Å². The van der Waals surface area contributed by atoms with Crippen LogP contribution in [0.4, 0.5) is 5.82 Å². The number of hydrogen-bond donors (Lipinski definition) is 2. The first-order chi connectivity index (χ1) is 11.6. The lowest BCUT2D eigenvalue weighted by Gasteiger charge is -2.32. The predicted molar refractivity (Wildman–Crippen MR) is 101 cm³/mol. The number of carbonyl (C=O) groups excluding carboxylic acids is 1. The van der Waals surface area contributed by atoms with Crippen molar-refractivity contribution in [3.8, 4) is 0 Å². The fraction of sp³-hybridized carbons (Fsp3) is 0.556. The molecule has 1 fully saturated rings. The standard InChI is InChI=1S/C18H28BN3O3/c1-12-14(8-9-16(21-12)22-13(2)23)10-15(11-20-7)19-24-17(3,4)18(5,6)25-19/h8-10,20H,11H2,1-7H3,(H,21,22,23). The molecular formula is C18H28BN3O3. The highest BCUT2D eigenvalue weighted by Gasteiger charge is 2.52. The van der Waals surface area contributed by atoms with Crippen LogP contribution in [0.5, 0.6) is 0 Å². The second-order valence-electron chi connectivity index (χ2n) is 7.39. The molecule has 1 aliphatic heterocycles. The summed E-state index contributed by atoms with van der Waals surface area (Å²) in [6, 6.07) is 3.73. The van der Waals surface area contributed by atoms with E-state index in [1.54, 1.807) is 6.07 Å². The van der Waals surface area contributed by atoms with E-state index in [-0.39, 0.29) is 17.1 Å². The van der Waals surface area contributed by atoms with Gasteiger partial charge in [0, 0.05) is 19.2 Å². The molecule has 0 unspecified atom stereocenters. The van der Waals surface area contributed by atoms with Gasteiger partial charge in [0.05, 0.1) is 11.2 Å². The SMILES string of the molecule is CNCC(=Cc1ccc(NC(C)=O)nc1C)B1OC(C)(C)C(C)(C)O1. The minimum Gasteiger partial charge on any atom is -0.400 e. The van der Waals surface area contributed by atoms with Gasteiger partial charge in [0.25, 0.3) is 0 Å². The summed E-state index contributed by atoms with van der Waals surface area (Å²) in [5, 5.41) is 5.87. The van der Waals surface area contributed by atoms with Gasteiger partial charge < -0.3 is 19.9 Å². The first-order valence-electron chi connectivity index (χ1n) is 8.51. The molecule has 0 bridgehead atoms. The van der Waals surface area contributed by atoms with E-state index in [4.69, 9.17) is 9.31 Å². The fourth-order valence-corrected chi connectivity index (χ4v) is 2.58. The summed E-state index contributed by atoms with van der Waals surface area (Å²) < 4.78 is 12.3. The molecule has 136 valence electrons. The molecule has 7 heteroatoms. The first kappa shape index (κ1) is 19.6. The number of nitrogens with zero attached hydrogens (tertiary/aromatic N) is 1. The lowest BCUT2D eigenvalue weighted by molar-refractivity contribution is -0.114. The number of hydrogen-bond acceptors (Lipinski definition) is 5. The number of nitrogens with one attached hydrogen (secondary N) is 2. The van der Waals surface area contributed by atoms with Gasteiger partial charge in [-0.1, -0.05) is 6.08 Å². The zero-order valence-electron chi connectivity index (χ0n) is 16.2. The molecule has 0 aliphatic carbocycles. The Kier molecular flexibility index (Phi) is 5.71. The van der Waals surface area contributed by atoms with E-state index in [1.165, 1.54) is 6.92 Å². The monoisotopic (exact) mass is 345 g/mol. The number of aryl methyl sites for hydroxylation is 1. The predicted octanol–water partition coefficient (Wildman–Crippen LogP) is 2.58. The van der Waals surface area contributed by atoms with E-state index in [9.17, 15) is 4.79 Å². The lowest BCUT2D eigenvalue weighted by atomic mass is 9.77. The number of rotatable bonds is 5. The molecule has 0 aromatic carbocycles. The van der Waals surface area contributed by atoms with Crippen molar-refractivity contribution in [2.75, 3.05) is 18.9 Å². The van der Waals surface area contributed by atoms with Crippen LogP contribution in [0.25, 0.3) is 6.08 Å². The summed E-state index contributed by atoms with van der Waals surface area (Å²) in [6.45, 7) is 12.2. The largest absolute Gasteiger partial charge is 0.491 e. The summed E-state index contributed by atoms with van der Waals surface area (Å²) in [5.41, 5.74) is 2.03. The van der Waals surface area contributed by atoms with E-state index >= 15 is 0 Å². The van der Waals surface area contributed by atoms with Gasteiger partial charge in [-0.2, -0.15) is 0 Å². The van der Waals surface area contributed by atoms with Gasteiger partial charge >= 0.3 is 7.12 Å². The Morgan fingerprint density at radius 2 is 1.84 bits per heavy atom.